The maximum atomic E-state index is 13.6. The molecule has 0 aliphatic rings. The van der Waals surface area contributed by atoms with Crippen LogP contribution in [0.15, 0.2) is 30.5 Å². The van der Waals surface area contributed by atoms with E-state index >= 15 is 0 Å². The Hall–Kier alpha value is -2.17. The van der Waals surface area contributed by atoms with E-state index in [0.29, 0.717) is 12.5 Å². The molecule has 0 radical (unpaired) electrons. The summed E-state index contributed by atoms with van der Waals surface area (Å²) < 4.78 is 13.6. The molecule has 0 unspecified atom stereocenters. The van der Waals surface area contributed by atoms with Crippen molar-refractivity contribution >= 4 is 17.5 Å². The van der Waals surface area contributed by atoms with Crippen LogP contribution in [0, 0.1) is 5.82 Å². The molecule has 100 valence electrons. The Morgan fingerprint density at radius 3 is 2.53 bits per heavy atom. The summed E-state index contributed by atoms with van der Waals surface area (Å²) >= 11 is 0. The van der Waals surface area contributed by atoms with E-state index in [1.807, 2.05) is 31.2 Å². The van der Waals surface area contributed by atoms with Gasteiger partial charge in [-0.15, -0.1) is 0 Å². The highest BCUT2D eigenvalue weighted by Crippen LogP contribution is 2.19. The van der Waals surface area contributed by atoms with Crippen molar-refractivity contribution in [3.8, 4) is 0 Å². The van der Waals surface area contributed by atoms with Crippen LogP contribution >= 0.6 is 0 Å². The van der Waals surface area contributed by atoms with Crippen molar-refractivity contribution in [2.75, 3.05) is 17.2 Å². The lowest BCUT2D eigenvalue weighted by molar-refractivity contribution is 0.619. The summed E-state index contributed by atoms with van der Waals surface area (Å²) in [6.07, 6.45) is 2.14. The van der Waals surface area contributed by atoms with Crippen molar-refractivity contribution in [1.82, 2.24) is 9.97 Å². The molecule has 5 heteroatoms. The molecule has 0 atom stereocenters. The van der Waals surface area contributed by atoms with Gasteiger partial charge in [0, 0.05) is 12.2 Å². The van der Waals surface area contributed by atoms with Gasteiger partial charge < -0.3 is 10.6 Å². The van der Waals surface area contributed by atoms with Crippen LogP contribution in [0.1, 0.15) is 19.4 Å². The van der Waals surface area contributed by atoms with Crippen molar-refractivity contribution in [1.29, 1.82) is 0 Å². The molecule has 2 N–H and O–H groups in total. The van der Waals surface area contributed by atoms with Gasteiger partial charge >= 0.3 is 0 Å². The quantitative estimate of drug-likeness (QED) is 0.865. The molecule has 0 saturated heterocycles. The number of nitrogens with one attached hydrogen (secondary N) is 2. The van der Waals surface area contributed by atoms with Crippen LogP contribution in [0.2, 0.25) is 0 Å². The van der Waals surface area contributed by atoms with Gasteiger partial charge in [0.1, 0.15) is 0 Å². The highest BCUT2D eigenvalue weighted by atomic mass is 19.1. The normalized spacial score (nSPS) is 10.3. The van der Waals surface area contributed by atoms with Gasteiger partial charge in [-0.2, -0.15) is 4.98 Å². The van der Waals surface area contributed by atoms with E-state index in [1.54, 1.807) is 0 Å². The molecule has 0 aliphatic heterocycles. The summed E-state index contributed by atoms with van der Waals surface area (Å²) in [4.78, 5) is 7.95. The Bertz CT molecular complexity index is 540. The van der Waals surface area contributed by atoms with Crippen LogP contribution in [-0.4, -0.2) is 16.5 Å². The first kappa shape index (κ1) is 13.3. The van der Waals surface area contributed by atoms with Gasteiger partial charge in [0.2, 0.25) is 5.95 Å². The minimum absolute atomic E-state index is 0.176. The van der Waals surface area contributed by atoms with Crippen LogP contribution in [0.4, 0.5) is 21.8 Å². The third-order valence-electron chi connectivity index (χ3n) is 2.70. The second kappa shape index (κ2) is 6.13. The largest absolute Gasteiger partial charge is 0.354 e. The zero-order valence-electron chi connectivity index (χ0n) is 11.1. The van der Waals surface area contributed by atoms with Crippen LogP contribution in [-0.2, 0) is 6.42 Å². The van der Waals surface area contributed by atoms with Gasteiger partial charge in [-0.1, -0.05) is 19.1 Å². The second-order valence-corrected chi connectivity index (χ2v) is 4.10. The average Bonchev–Trinajstić information content (AvgIpc) is 2.44. The maximum Gasteiger partial charge on any atom is 0.224 e. The van der Waals surface area contributed by atoms with Crippen LogP contribution < -0.4 is 10.6 Å². The summed E-state index contributed by atoms with van der Waals surface area (Å²) in [6.45, 7) is 4.72. The Morgan fingerprint density at radius 2 is 1.89 bits per heavy atom. The molecule has 1 aromatic carbocycles. The van der Waals surface area contributed by atoms with Crippen molar-refractivity contribution < 1.29 is 4.39 Å². The van der Waals surface area contributed by atoms with Gasteiger partial charge in [-0.25, -0.2) is 9.37 Å². The first-order valence-electron chi connectivity index (χ1n) is 6.35. The Balaban J connectivity index is 2.18. The minimum atomic E-state index is -0.471. The van der Waals surface area contributed by atoms with E-state index in [1.165, 1.54) is 5.56 Å². The van der Waals surface area contributed by atoms with Gasteiger partial charge in [-0.3, -0.25) is 0 Å². The monoisotopic (exact) mass is 260 g/mol. The summed E-state index contributed by atoms with van der Waals surface area (Å²) in [5, 5.41) is 5.91. The van der Waals surface area contributed by atoms with Gasteiger partial charge in [0.05, 0.1) is 6.20 Å². The van der Waals surface area contributed by atoms with E-state index < -0.39 is 5.82 Å². The molecule has 2 rings (SSSR count). The predicted octanol–water partition coefficient (Wildman–Crippen LogP) is 3.35. The lowest BCUT2D eigenvalue weighted by Gasteiger charge is -2.09. The van der Waals surface area contributed by atoms with Crippen molar-refractivity contribution in [2.45, 2.75) is 20.3 Å². The van der Waals surface area contributed by atoms with E-state index in [9.17, 15) is 4.39 Å². The molecule has 0 saturated carbocycles. The van der Waals surface area contributed by atoms with Crippen molar-refractivity contribution in [2.24, 2.45) is 0 Å². The number of nitrogens with zero attached hydrogens (tertiary/aromatic N) is 2. The molecule has 0 fully saturated rings. The van der Waals surface area contributed by atoms with Crippen molar-refractivity contribution in [3.05, 3.63) is 41.8 Å². The average molecular weight is 260 g/mol. The number of rotatable bonds is 5. The summed E-state index contributed by atoms with van der Waals surface area (Å²) in [5.41, 5.74) is 2.04. The van der Waals surface area contributed by atoms with Crippen LogP contribution in [0.25, 0.3) is 0 Å². The lowest BCUT2D eigenvalue weighted by atomic mass is 10.1. The molecule has 1 aromatic heterocycles. The van der Waals surface area contributed by atoms with Gasteiger partial charge in [0.25, 0.3) is 0 Å². The van der Waals surface area contributed by atoms with E-state index in [-0.39, 0.29) is 5.82 Å². The fourth-order valence-electron chi connectivity index (χ4n) is 1.66. The highest BCUT2D eigenvalue weighted by Gasteiger charge is 2.06. The standard InChI is InChI=1S/C14H17FN4/c1-3-10-5-7-11(8-6-10)18-13-12(15)9-17-14(19-13)16-4-2/h5-9H,3-4H2,1-2H3,(H2,16,17,18,19). The molecule has 0 spiro atoms. The Morgan fingerprint density at radius 1 is 1.16 bits per heavy atom. The van der Waals surface area contributed by atoms with Crippen LogP contribution in [0.3, 0.4) is 0 Å². The fraction of sp³-hybridized carbons (Fsp3) is 0.286. The first-order valence-corrected chi connectivity index (χ1v) is 6.35. The summed E-state index contributed by atoms with van der Waals surface area (Å²) in [5.74, 6) is 0.119. The third-order valence-corrected chi connectivity index (χ3v) is 2.70. The van der Waals surface area contributed by atoms with Gasteiger partial charge in [0.15, 0.2) is 11.6 Å². The summed E-state index contributed by atoms with van der Waals surface area (Å²) in [6, 6.07) is 7.83. The predicted molar refractivity (Wildman–Crippen MR) is 75.3 cm³/mol. The summed E-state index contributed by atoms with van der Waals surface area (Å²) in [7, 11) is 0. The first-order chi connectivity index (χ1) is 9.22. The Labute approximate surface area is 112 Å². The molecule has 4 nitrogen and oxygen atoms in total. The molecule has 0 bridgehead atoms. The van der Waals surface area contributed by atoms with Crippen LogP contribution in [0.5, 0.6) is 0 Å². The zero-order valence-corrected chi connectivity index (χ0v) is 11.1. The molecular formula is C14H17FN4. The number of halogens is 1. The van der Waals surface area contributed by atoms with Crippen molar-refractivity contribution in [3.63, 3.8) is 0 Å². The molecule has 0 amide bonds. The maximum absolute atomic E-state index is 13.6. The molecule has 1 heterocycles. The van der Waals surface area contributed by atoms with Gasteiger partial charge in [-0.05, 0) is 31.0 Å². The topological polar surface area (TPSA) is 49.8 Å². The Kier molecular flexibility index (Phi) is 4.28. The number of hydrogen-bond acceptors (Lipinski definition) is 4. The smallest absolute Gasteiger partial charge is 0.224 e. The lowest BCUT2D eigenvalue weighted by Crippen LogP contribution is -2.05. The zero-order chi connectivity index (χ0) is 13.7. The third kappa shape index (κ3) is 3.40. The van der Waals surface area contributed by atoms with E-state index in [2.05, 4.69) is 27.5 Å². The number of anilines is 3. The molecule has 2 aromatic rings. The number of aryl methyl sites for hydroxylation is 1. The molecule has 0 aliphatic carbocycles. The number of aromatic nitrogens is 2. The fourth-order valence-corrected chi connectivity index (χ4v) is 1.66. The number of hydrogen-bond donors (Lipinski definition) is 2. The van der Waals surface area contributed by atoms with E-state index in [0.717, 1.165) is 18.3 Å². The molecular weight excluding hydrogens is 243 g/mol. The number of benzene rings is 1. The van der Waals surface area contributed by atoms with E-state index in [4.69, 9.17) is 0 Å². The second-order valence-electron chi connectivity index (χ2n) is 4.10. The highest BCUT2D eigenvalue weighted by molar-refractivity contribution is 5.57. The SMILES string of the molecule is CCNc1ncc(F)c(Nc2ccc(CC)cc2)n1. The molecule has 19 heavy (non-hydrogen) atoms. The minimum Gasteiger partial charge on any atom is -0.354 e.